The maximum atomic E-state index is 12.5. The van der Waals surface area contributed by atoms with Crippen molar-refractivity contribution >= 4 is 28.4 Å². The summed E-state index contributed by atoms with van der Waals surface area (Å²) >= 11 is 0. The van der Waals surface area contributed by atoms with Gasteiger partial charge < -0.3 is 16.8 Å². The maximum absolute atomic E-state index is 12.5. The van der Waals surface area contributed by atoms with E-state index in [1.807, 2.05) is 28.9 Å². The number of carbonyl (C=O) groups is 1. The van der Waals surface area contributed by atoms with E-state index in [-0.39, 0.29) is 18.0 Å². The van der Waals surface area contributed by atoms with Gasteiger partial charge in [-0.2, -0.15) is 5.10 Å². The molecule has 5 rings (SSSR count). The lowest BCUT2D eigenvalue weighted by atomic mass is 9.88. The molecule has 0 bridgehead atoms. The molecule has 0 radical (unpaired) electrons. The third-order valence-corrected chi connectivity index (χ3v) is 5.47. The first-order valence-electron chi connectivity index (χ1n) is 9.81. The fourth-order valence-electron chi connectivity index (χ4n) is 3.83. The molecule has 0 spiro atoms. The van der Waals surface area contributed by atoms with Crippen molar-refractivity contribution in [2.75, 3.05) is 11.1 Å². The Bertz CT molecular complexity index is 1210. The highest BCUT2D eigenvalue weighted by atomic mass is 16.1. The highest BCUT2D eigenvalue weighted by Crippen LogP contribution is 2.38. The summed E-state index contributed by atoms with van der Waals surface area (Å²) in [5, 5.41) is 8.46. The first-order chi connectivity index (χ1) is 14.6. The topological polar surface area (TPSA) is 125 Å². The largest absolute Gasteiger partial charge is 0.383 e. The van der Waals surface area contributed by atoms with Crippen molar-refractivity contribution in [1.29, 1.82) is 0 Å². The number of hydrogen-bond donors (Lipinski definition) is 3. The first kappa shape index (κ1) is 18.3. The van der Waals surface area contributed by atoms with Gasteiger partial charge in [-0.05, 0) is 43.2 Å². The molecule has 4 aromatic rings. The molecule has 5 N–H and O–H groups in total. The van der Waals surface area contributed by atoms with Gasteiger partial charge in [0.15, 0.2) is 0 Å². The van der Waals surface area contributed by atoms with Crippen molar-refractivity contribution < 1.29 is 4.79 Å². The van der Waals surface area contributed by atoms with Crippen LogP contribution in [0.4, 0.5) is 11.6 Å². The Hall–Kier alpha value is -3.78. The SMILES string of the molecule is Nc1nccc2c1c(-c1ccc(C(=O)Nc3ccccn3)cc1)nn2C1CC(N)C1. The Kier molecular flexibility index (Phi) is 4.40. The molecule has 3 aromatic heterocycles. The number of hydrogen-bond acceptors (Lipinski definition) is 6. The smallest absolute Gasteiger partial charge is 0.256 e. The fraction of sp³-hybridized carbons (Fsp3) is 0.182. The maximum Gasteiger partial charge on any atom is 0.256 e. The molecule has 1 amide bonds. The average molecular weight is 399 g/mol. The zero-order valence-electron chi connectivity index (χ0n) is 16.2. The molecule has 1 fully saturated rings. The van der Waals surface area contributed by atoms with Gasteiger partial charge in [0.05, 0.1) is 16.9 Å². The molecule has 0 unspecified atom stereocenters. The summed E-state index contributed by atoms with van der Waals surface area (Å²) < 4.78 is 2.01. The summed E-state index contributed by atoms with van der Waals surface area (Å²) in [5.41, 5.74) is 15.3. The summed E-state index contributed by atoms with van der Waals surface area (Å²) in [6.07, 6.45) is 5.12. The normalized spacial score (nSPS) is 18.2. The standard InChI is InChI=1S/C22H21N7O/c23-15-11-16(12-15)29-17-8-10-26-21(24)19(17)20(28-29)13-4-6-14(7-5-13)22(30)27-18-3-1-2-9-25-18/h1-10,15-16H,11-12,23H2,(H2,24,26)(H,25,27,30). The Morgan fingerprint density at radius 2 is 1.83 bits per heavy atom. The van der Waals surface area contributed by atoms with E-state index in [4.69, 9.17) is 16.6 Å². The lowest BCUT2D eigenvalue weighted by Gasteiger charge is -2.32. The van der Waals surface area contributed by atoms with Crippen molar-refractivity contribution in [3.8, 4) is 11.3 Å². The number of nitrogens with one attached hydrogen (secondary N) is 1. The van der Waals surface area contributed by atoms with Crippen molar-refractivity contribution in [2.24, 2.45) is 5.73 Å². The number of pyridine rings is 2. The summed E-state index contributed by atoms with van der Waals surface area (Å²) in [6, 6.07) is 15.1. The van der Waals surface area contributed by atoms with Gasteiger partial charge in [-0.3, -0.25) is 9.48 Å². The predicted octanol–water partition coefficient (Wildman–Crippen LogP) is 2.99. The molecule has 0 saturated heterocycles. The second-order valence-corrected chi connectivity index (χ2v) is 7.52. The summed E-state index contributed by atoms with van der Waals surface area (Å²) in [4.78, 5) is 20.8. The van der Waals surface area contributed by atoms with Crippen LogP contribution in [0.3, 0.4) is 0 Å². The van der Waals surface area contributed by atoms with Crippen LogP contribution in [0.1, 0.15) is 29.2 Å². The molecular weight excluding hydrogens is 378 g/mol. The molecule has 1 saturated carbocycles. The Labute approximate surface area is 172 Å². The number of nitrogen functional groups attached to an aromatic ring is 1. The zero-order valence-corrected chi connectivity index (χ0v) is 16.2. The molecule has 1 aliphatic carbocycles. The number of benzene rings is 1. The summed E-state index contributed by atoms with van der Waals surface area (Å²) in [7, 11) is 0. The molecule has 8 heteroatoms. The van der Waals surface area contributed by atoms with Gasteiger partial charge in [0.25, 0.3) is 5.91 Å². The zero-order chi connectivity index (χ0) is 20.7. The minimum absolute atomic E-state index is 0.216. The first-order valence-corrected chi connectivity index (χ1v) is 9.81. The van der Waals surface area contributed by atoms with Gasteiger partial charge in [0.1, 0.15) is 17.3 Å². The van der Waals surface area contributed by atoms with Crippen LogP contribution in [-0.2, 0) is 0 Å². The fourth-order valence-corrected chi connectivity index (χ4v) is 3.83. The number of aromatic nitrogens is 4. The van der Waals surface area contributed by atoms with Crippen LogP contribution in [0.25, 0.3) is 22.2 Å². The third-order valence-electron chi connectivity index (χ3n) is 5.47. The van der Waals surface area contributed by atoms with E-state index in [0.717, 1.165) is 35.0 Å². The molecule has 0 atom stereocenters. The number of rotatable bonds is 4. The van der Waals surface area contributed by atoms with Crippen molar-refractivity contribution in [1.82, 2.24) is 19.7 Å². The molecule has 1 aliphatic rings. The van der Waals surface area contributed by atoms with Crippen LogP contribution < -0.4 is 16.8 Å². The van der Waals surface area contributed by atoms with E-state index in [1.165, 1.54) is 0 Å². The predicted molar refractivity (Wildman–Crippen MR) is 116 cm³/mol. The molecular formula is C22H21N7O. The summed E-state index contributed by atoms with van der Waals surface area (Å²) in [6.45, 7) is 0. The van der Waals surface area contributed by atoms with E-state index in [1.54, 1.807) is 36.7 Å². The molecule has 30 heavy (non-hydrogen) atoms. The second-order valence-electron chi connectivity index (χ2n) is 7.52. The third kappa shape index (κ3) is 3.17. The van der Waals surface area contributed by atoms with Crippen molar-refractivity contribution in [3.63, 3.8) is 0 Å². The number of carbonyl (C=O) groups excluding carboxylic acids is 1. The van der Waals surface area contributed by atoms with E-state index < -0.39 is 0 Å². The molecule has 0 aliphatic heterocycles. The van der Waals surface area contributed by atoms with Gasteiger partial charge in [-0.25, -0.2) is 9.97 Å². The molecule has 3 heterocycles. The Morgan fingerprint density at radius 1 is 1.03 bits per heavy atom. The highest BCUT2D eigenvalue weighted by molar-refractivity contribution is 6.05. The Morgan fingerprint density at radius 3 is 2.53 bits per heavy atom. The van der Waals surface area contributed by atoms with Gasteiger partial charge in [0, 0.05) is 29.6 Å². The monoisotopic (exact) mass is 399 g/mol. The Balaban J connectivity index is 1.48. The molecule has 8 nitrogen and oxygen atoms in total. The van der Waals surface area contributed by atoms with Gasteiger partial charge in [-0.15, -0.1) is 0 Å². The second kappa shape index (κ2) is 7.23. The number of nitrogens with two attached hydrogens (primary N) is 2. The molecule has 150 valence electrons. The lowest BCUT2D eigenvalue weighted by molar-refractivity contribution is 0.102. The van der Waals surface area contributed by atoms with Crippen LogP contribution in [0.5, 0.6) is 0 Å². The number of nitrogens with zero attached hydrogens (tertiary/aromatic N) is 4. The van der Waals surface area contributed by atoms with Crippen molar-refractivity contribution in [3.05, 3.63) is 66.5 Å². The van der Waals surface area contributed by atoms with Crippen LogP contribution in [0.15, 0.2) is 60.9 Å². The minimum atomic E-state index is -0.222. The van der Waals surface area contributed by atoms with Crippen LogP contribution >= 0.6 is 0 Å². The quantitative estimate of drug-likeness (QED) is 0.484. The number of fused-ring (bicyclic) bond motifs is 1. The van der Waals surface area contributed by atoms with Gasteiger partial charge in [0.2, 0.25) is 0 Å². The van der Waals surface area contributed by atoms with Crippen LogP contribution in [0.2, 0.25) is 0 Å². The highest BCUT2D eigenvalue weighted by Gasteiger charge is 2.30. The van der Waals surface area contributed by atoms with E-state index in [2.05, 4.69) is 15.3 Å². The van der Waals surface area contributed by atoms with Crippen molar-refractivity contribution in [2.45, 2.75) is 24.9 Å². The van der Waals surface area contributed by atoms with E-state index in [0.29, 0.717) is 17.2 Å². The van der Waals surface area contributed by atoms with Crippen LogP contribution in [0, 0.1) is 0 Å². The van der Waals surface area contributed by atoms with E-state index >= 15 is 0 Å². The minimum Gasteiger partial charge on any atom is -0.383 e. The van der Waals surface area contributed by atoms with E-state index in [9.17, 15) is 4.79 Å². The number of amides is 1. The van der Waals surface area contributed by atoms with Gasteiger partial charge >= 0.3 is 0 Å². The lowest BCUT2D eigenvalue weighted by Crippen LogP contribution is -2.38. The van der Waals surface area contributed by atoms with Crippen LogP contribution in [-0.4, -0.2) is 31.7 Å². The number of anilines is 2. The summed E-state index contributed by atoms with van der Waals surface area (Å²) in [5.74, 6) is 0.725. The molecule has 1 aromatic carbocycles. The van der Waals surface area contributed by atoms with Gasteiger partial charge in [-0.1, -0.05) is 18.2 Å². The average Bonchev–Trinajstić information content (AvgIpc) is 3.13.